The number of hydrogen-bond donors (Lipinski definition) is 0. The van der Waals surface area contributed by atoms with Gasteiger partial charge in [-0.3, -0.25) is 0 Å². The molecule has 0 atom stereocenters. The molecule has 0 amide bonds. The average Bonchev–Trinajstić information content (AvgIpc) is 1.29. The zero-order chi connectivity index (χ0) is 90.0. The summed E-state index contributed by atoms with van der Waals surface area (Å²) in [5, 5.41) is -0.826. The van der Waals surface area contributed by atoms with Gasteiger partial charge in [0.2, 0.25) is 0 Å². The lowest BCUT2D eigenvalue weighted by molar-refractivity contribution is 0.590. The Hall–Kier alpha value is -12.4. The molecular formula is C102H83BN4. The van der Waals surface area contributed by atoms with Crippen molar-refractivity contribution < 1.29 is 27.4 Å². The first kappa shape index (κ1) is 47.1. The summed E-state index contributed by atoms with van der Waals surface area (Å²) in [5.74, 6) is 0. The quantitative estimate of drug-likeness (QED) is 0.127. The molecule has 0 bridgehead atoms. The van der Waals surface area contributed by atoms with Crippen LogP contribution in [0.3, 0.4) is 0 Å². The normalized spacial score (nSPS) is 15.5. The van der Waals surface area contributed by atoms with Crippen molar-refractivity contribution in [1.82, 2.24) is 9.13 Å². The van der Waals surface area contributed by atoms with Gasteiger partial charge in [0.15, 0.2) is 0 Å². The topological polar surface area (TPSA) is 16.3 Å². The lowest BCUT2D eigenvalue weighted by Gasteiger charge is -2.47. The van der Waals surface area contributed by atoms with Gasteiger partial charge in [-0.25, -0.2) is 0 Å². The van der Waals surface area contributed by atoms with Gasteiger partial charge in [-0.1, -0.05) is 305 Å². The number of hydrogen-bond acceptors (Lipinski definition) is 2. The minimum Gasteiger partial charge on any atom is -0.310 e. The van der Waals surface area contributed by atoms with Gasteiger partial charge >= 0.3 is 0 Å². The van der Waals surface area contributed by atoms with Crippen LogP contribution in [0.4, 0.5) is 34.1 Å². The molecule has 17 aromatic rings. The van der Waals surface area contributed by atoms with Crippen LogP contribution < -0.4 is 26.2 Å². The van der Waals surface area contributed by atoms with Crippen molar-refractivity contribution in [1.29, 1.82) is 0 Å². The molecule has 2 aliphatic rings. The van der Waals surface area contributed by atoms with E-state index < -0.39 is 120 Å². The molecule has 19 rings (SSSR count). The summed E-state index contributed by atoms with van der Waals surface area (Å²) < 4.78 is 202. The second-order valence-corrected chi connectivity index (χ2v) is 30.9. The minimum absolute atomic E-state index is 0.00253. The van der Waals surface area contributed by atoms with Crippen LogP contribution in [0.15, 0.2) is 339 Å². The molecule has 0 fully saturated rings. The van der Waals surface area contributed by atoms with Crippen molar-refractivity contribution in [3.05, 3.63) is 356 Å². The molecule has 2 aliphatic heterocycles. The molecule has 15 aromatic carbocycles. The van der Waals surface area contributed by atoms with E-state index in [-0.39, 0.29) is 124 Å². The Bertz CT molecular complexity index is 7320. The Morgan fingerprint density at radius 3 is 0.907 bits per heavy atom. The number of nitrogens with zero attached hydrogens (tertiary/aromatic N) is 4. The minimum atomic E-state index is -1.42. The largest absolute Gasteiger partial charge is 0.310 e. The molecule has 4 nitrogen and oxygen atoms in total. The number of para-hydroxylation sites is 4. The second kappa shape index (κ2) is 25.1. The molecule has 0 radical (unpaired) electrons. The van der Waals surface area contributed by atoms with Crippen LogP contribution in [0.1, 0.15) is 106 Å². The molecule has 0 unspecified atom stereocenters. The van der Waals surface area contributed by atoms with E-state index in [9.17, 15) is 24.7 Å². The van der Waals surface area contributed by atoms with Gasteiger partial charge in [-0.05, 0) is 191 Å². The summed E-state index contributed by atoms with van der Waals surface area (Å²) in [6, 6.07) is 60.3. The third-order valence-electron chi connectivity index (χ3n) is 21.1. The van der Waals surface area contributed by atoms with Crippen molar-refractivity contribution >= 4 is 101 Å². The SMILES string of the molecule is [2H]c1cc(-n2c3c([2H])c([2H])c([2H])c([2H])c3c3c([2H])c([2H])c([2H])c([2H])c32)cc2c1B1c3c([2H])cc(-n4c5c([2H])c([2H])c([2H])c([2H])c5c5c([2H])c([2H])c([2H])c([2H])c54)cc3N(c3c(-c4cccc(-c5ccccc5)c4)cc(C(C)(C)C)cc3-c3cccc(-c4ccccc4)c3)c3c([2H])c(C(C)(C)C)c([2H])c(c31)N2c1c(-c2ccccc2)cc(C(C)(C)C)cc1-c1ccccc1. The van der Waals surface area contributed by atoms with Crippen LogP contribution in [-0.4, -0.2) is 15.8 Å². The van der Waals surface area contributed by atoms with E-state index in [4.69, 9.17) is 2.74 Å². The first-order valence-electron chi connectivity index (χ1n) is 46.2. The van der Waals surface area contributed by atoms with Gasteiger partial charge in [0, 0.05) is 77.9 Å². The van der Waals surface area contributed by atoms with Crippen LogP contribution in [-0.2, 0) is 16.2 Å². The Labute approximate surface area is 656 Å². The Morgan fingerprint density at radius 1 is 0.271 bits per heavy atom. The highest BCUT2D eigenvalue weighted by Crippen LogP contribution is 2.56. The maximum Gasteiger partial charge on any atom is 0.252 e. The van der Waals surface area contributed by atoms with Crippen LogP contribution in [0.5, 0.6) is 0 Å². The molecule has 2 aromatic heterocycles. The maximum atomic E-state index is 11.9. The zero-order valence-corrected chi connectivity index (χ0v) is 60.7. The molecule has 514 valence electrons. The van der Waals surface area contributed by atoms with Crippen molar-refractivity contribution in [3.63, 3.8) is 0 Å². The fourth-order valence-electron chi connectivity index (χ4n) is 15.8. The monoisotopic (exact) mass is 1390 g/mol. The molecule has 0 aliphatic carbocycles. The van der Waals surface area contributed by atoms with Crippen LogP contribution in [0, 0.1) is 0 Å². The predicted octanol–water partition coefficient (Wildman–Crippen LogP) is 25.9. The van der Waals surface area contributed by atoms with E-state index in [1.54, 1.807) is 12.1 Å². The van der Waals surface area contributed by atoms with Gasteiger partial charge in [-0.15, -0.1) is 0 Å². The molecule has 0 N–H and O–H groups in total. The first-order valence-corrected chi connectivity index (χ1v) is 36.2. The fourth-order valence-corrected chi connectivity index (χ4v) is 15.8. The Morgan fingerprint density at radius 2 is 0.570 bits per heavy atom. The highest BCUT2D eigenvalue weighted by Gasteiger charge is 2.47. The van der Waals surface area contributed by atoms with Crippen molar-refractivity contribution in [2.24, 2.45) is 0 Å². The molecule has 5 heteroatoms. The third kappa shape index (κ3) is 11.0. The third-order valence-corrected chi connectivity index (χ3v) is 21.1. The maximum absolute atomic E-state index is 11.9. The molecule has 0 saturated carbocycles. The summed E-state index contributed by atoms with van der Waals surface area (Å²) in [6.45, 7) is 17.2. The fraction of sp³-hybridized carbons (Fsp3) is 0.118. The van der Waals surface area contributed by atoms with Gasteiger partial charge in [0.05, 0.1) is 60.9 Å². The lowest BCUT2D eigenvalue weighted by Crippen LogP contribution is -2.61. The van der Waals surface area contributed by atoms with E-state index in [0.29, 0.717) is 44.8 Å². The summed E-state index contributed by atoms with van der Waals surface area (Å²) >= 11 is 0. The van der Waals surface area contributed by atoms with Crippen molar-refractivity contribution in [2.45, 2.75) is 78.6 Å². The number of fused-ring (bicyclic) bond motifs is 10. The Balaban J connectivity index is 1.08. The number of benzene rings is 15. The van der Waals surface area contributed by atoms with Crippen LogP contribution >= 0.6 is 0 Å². The number of aromatic nitrogens is 2. The average molecular weight is 1400 g/mol. The highest BCUT2D eigenvalue weighted by atomic mass is 15.2. The van der Waals surface area contributed by atoms with Crippen molar-refractivity contribution in [2.75, 3.05) is 9.80 Å². The molecule has 0 saturated heterocycles. The van der Waals surface area contributed by atoms with Gasteiger partial charge in [0.25, 0.3) is 6.71 Å². The van der Waals surface area contributed by atoms with Gasteiger partial charge < -0.3 is 18.9 Å². The summed E-state index contributed by atoms with van der Waals surface area (Å²) in [7, 11) is 0. The Kier molecular flexibility index (Phi) is 11.1. The summed E-state index contributed by atoms with van der Waals surface area (Å²) in [6.07, 6.45) is 0. The highest BCUT2D eigenvalue weighted by molar-refractivity contribution is 7.00. The van der Waals surface area contributed by atoms with E-state index in [2.05, 4.69) is 77.9 Å². The smallest absolute Gasteiger partial charge is 0.252 e. The standard InChI is InChI=1S/C102H83BN4/c1-100(2,3)74-58-83(68-36-18-12-19-37-68)98(84(59-74)69-38-20-13-21-39-69)106-93-64-77(104-89-48-26-22-44-79(89)80-45-23-27-49-90(80)104)52-54-87(93)103-88-55-53-78(105-91-50-28-24-46-81(91)82-47-25-29-51-92(82)105)65-94(88)107(96-63-76(102(7,8)9)62-95(106)97(96)103)99-85(72-42-30-40-70(56-72)66-32-14-10-15-33-66)60-75(101(4,5)6)61-86(99)73-43-31-41-71(57-73)67-34-16-11-17-35-67/h10-65H,1-9H3/i22D,23D,24D,25D,26D,27D,28D,29D,44D,45D,46D,47D,48D,49D,50D,51D,54D,55D,62D,63D. The van der Waals surface area contributed by atoms with Crippen LogP contribution in [0.25, 0.3) is 122 Å². The van der Waals surface area contributed by atoms with Gasteiger partial charge in [-0.2, -0.15) is 0 Å². The zero-order valence-electron chi connectivity index (χ0n) is 80.7. The van der Waals surface area contributed by atoms with E-state index in [1.807, 2.05) is 188 Å². The van der Waals surface area contributed by atoms with E-state index >= 15 is 0 Å². The number of rotatable bonds is 10. The van der Waals surface area contributed by atoms with Crippen molar-refractivity contribution in [3.8, 4) is 78.1 Å². The second-order valence-electron chi connectivity index (χ2n) is 30.9. The van der Waals surface area contributed by atoms with E-state index in [1.165, 1.54) is 21.3 Å². The summed E-state index contributed by atoms with van der Waals surface area (Å²) in [4.78, 5) is 3.98. The number of anilines is 6. The first-order chi connectivity index (χ1) is 60.3. The summed E-state index contributed by atoms with van der Waals surface area (Å²) in [5.41, 5.74) is 10.1. The van der Waals surface area contributed by atoms with Gasteiger partial charge in [0.1, 0.15) is 0 Å². The molecule has 0 spiro atoms. The lowest BCUT2D eigenvalue weighted by atomic mass is 9.33. The van der Waals surface area contributed by atoms with E-state index in [0.717, 1.165) is 44.5 Å². The molecule has 107 heavy (non-hydrogen) atoms. The predicted molar refractivity (Wildman–Crippen MR) is 458 cm³/mol. The molecular weight excluding hydrogens is 1290 g/mol. The molecule has 4 heterocycles. The van der Waals surface area contributed by atoms with Crippen LogP contribution in [0.2, 0.25) is 0 Å².